The maximum Gasteiger partial charge on any atom is 0.243 e. The molecule has 2 fully saturated rings. The van der Waals surface area contributed by atoms with E-state index in [2.05, 4.69) is 15.9 Å². The van der Waals surface area contributed by atoms with Gasteiger partial charge in [-0.3, -0.25) is 0 Å². The van der Waals surface area contributed by atoms with Gasteiger partial charge in [-0.1, -0.05) is 22.0 Å². The van der Waals surface area contributed by atoms with Crippen LogP contribution in [0.15, 0.2) is 27.6 Å². The van der Waals surface area contributed by atoms with Crippen LogP contribution >= 0.6 is 15.9 Å². The number of rotatable bonds is 5. The fraction of sp³-hybridized carbons (Fsp3) is 0.571. The molecule has 1 aromatic rings. The van der Waals surface area contributed by atoms with Crippen LogP contribution < -0.4 is 0 Å². The first-order chi connectivity index (χ1) is 8.98. The Balaban J connectivity index is 1.96. The lowest BCUT2D eigenvalue weighted by Gasteiger charge is -2.23. The zero-order valence-corrected chi connectivity index (χ0v) is 13.4. The highest BCUT2D eigenvalue weighted by Gasteiger charge is 2.41. The third-order valence-electron chi connectivity index (χ3n) is 3.83. The van der Waals surface area contributed by atoms with E-state index in [1.165, 1.54) is 12.8 Å². The zero-order valence-electron chi connectivity index (χ0n) is 11.0. The van der Waals surface area contributed by atoms with Crippen molar-refractivity contribution in [3.8, 4) is 0 Å². The predicted octanol–water partition coefficient (Wildman–Crippen LogP) is 3.32. The van der Waals surface area contributed by atoms with E-state index >= 15 is 0 Å². The van der Waals surface area contributed by atoms with E-state index in [0.29, 0.717) is 17.4 Å². The second kappa shape index (κ2) is 4.86. The van der Waals surface area contributed by atoms with Crippen molar-refractivity contribution >= 4 is 26.0 Å². The molecule has 0 heterocycles. The number of sulfonamides is 1. The van der Waals surface area contributed by atoms with Crippen LogP contribution in [0.3, 0.4) is 0 Å². The van der Waals surface area contributed by atoms with Crippen LogP contribution in [0.4, 0.5) is 0 Å². The number of hydrogen-bond acceptors (Lipinski definition) is 2. The first-order valence-electron chi connectivity index (χ1n) is 6.76. The maximum atomic E-state index is 12.9. The summed E-state index contributed by atoms with van der Waals surface area (Å²) in [6, 6.07) is 5.71. The van der Waals surface area contributed by atoms with E-state index in [4.69, 9.17) is 0 Å². The van der Waals surface area contributed by atoms with Crippen LogP contribution in [0.2, 0.25) is 0 Å². The highest BCUT2D eigenvalue weighted by Crippen LogP contribution is 2.38. The van der Waals surface area contributed by atoms with Crippen molar-refractivity contribution in [3.63, 3.8) is 0 Å². The molecule has 1 aromatic carbocycles. The number of nitrogens with zero attached hydrogens (tertiary/aromatic N) is 1. The lowest BCUT2D eigenvalue weighted by Crippen LogP contribution is -2.35. The number of halogens is 1. The minimum Gasteiger partial charge on any atom is -0.207 e. The van der Waals surface area contributed by atoms with Gasteiger partial charge in [-0.25, -0.2) is 8.42 Å². The molecule has 0 bridgehead atoms. The molecular weight excluding hydrogens is 326 g/mol. The Bertz CT molecular complexity index is 591. The quantitative estimate of drug-likeness (QED) is 0.822. The van der Waals surface area contributed by atoms with E-state index in [0.717, 1.165) is 22.9 Å². The van der Waals surface area contributed by atoms with E-state index in [9.17, 15) is 8.42 Å². The van der Waals surface area contributed by atoms with Gasteiger partial charge in [0.2, 0.25) is 10.0 Å². The van der Waals surface area contributed by atoms with E-state index in [1.54, 1.807) is 10.4 Å². The van der Waals surface area contributed by atoms with Crippen molar-refractivity contribution < 1.29 is 8.42 Å². The molecule has 0 N–H and O–H groups in total. The van der Waals surface area contributed by atoms with Crippen molar-refractivity contribution in [1.82, 2.24) is 4.31 Å². The standard InChI is InChI=1S/C14H18BrNO2S/c1-10-2-5-12(15)8-14(10)19(17,18)16(13-6-7-13)9-11-3-4-11/h2,5,8,11,13H,3-4,6-7,9H2,1H3. The lowest BCUT2D eigenvalue weighted by molar-refractivity contribution is 0.388. The number of benzene rings is 1. The molecule has 3 rings (SSSR count). The average Bonchev–Trinajstić information content (AvgIpc) is 3.22. The highest BCUT2D eigenvalue weighted by molar-refractivity contribution is 9.10. The molecule has 3 nitrogen and oxygen atoms in total. The zero-order chi connectivity index (χ0) is 13.6. The van der Waals surface area contributed by atoms with Crippen molar-refractivity contribution in [3.05, 3.63) is 28.2 Å². The first-order valence-corrected chi connectivity index (χ1v) is 9.00. The Labute approximate surface area is 123 Å². The fourth-order valence-electron chi connectivity index (χ4n) is 2.34. The van der Waals surface area contributed by atoms with Crippen molar-refractivity contribution in [1.29, 1.82) is 0 Å². The summed E-state index contributed by atoms with van der Waals surface area (Å²) in [5.74, 6) is 0.586. The summed E-state index contributed by atoms with van der Waals surface area (Å²) in [6.45, 7) is 2.57. The van der Waals surface area contributed by atoms with Crippen LogP contribution in [0.25, 0.3) is 0 Å². The SMILES string of the molecule is Cc1ccc(Br)cc1S(=O)(=O)N(CC1CC1)C1CC1. The van der Waals surface area contributed by atoms with E-state index in [-0.39, 0.29) is 6.04 Å². The predicted molar refractivity (Wildman–Crippen MR) is 78.5 cm³/mol. The van der Waals surface area contributed by atoms with Crippen LogP contribution in [0.1, 0.15) is 31.2 Å². The molecule has 0 spiro atoms. The maximum absolute atomic E-state index is 12.9. The van der Waals surface area contributed by atoms with E-state index in [1.807, 2.05) is 19.1 Å². The Hall–Kier alpha value is -0.390. The summed E-state index contributed by atoms with van der Waals surface area (Å²) in [4.78, 5) is 0.453. The summed E-state index contributed by atoms with van der Waals surface area (Å²) in [6.07, 6.45) is 4.38. The Morgan fingerprint density at radius 3 is 2.53 bits per heavy atom. The van der Waals surface area contributed by atoms with Gasteiger partial charge in [0.15, 0.2) is 0 Å². The highest BCUT2D eigenvalue weighted by atomic mass is 79.9. The number of aryl methyl sites for hydroxylation is 1. The number of hydrogen-bond donors (Lipinski definition) is 0. The van der Waals surface area contributed by atoms with Crippen LogP contribution in [0, 0.1) is 12.8 Å². The Morgan fingerprint density at radius 1 is 1.26 bits per heavy atom. The van der Waals surface area contributed by atoms with Gasteiger partial charge in [0.1, 0.15) is 0 Å². The Morgan fingerprint density at radius 2 is 1.95 bits per heavy atom. The minimum absolute atomic E-state index is 0.240. The molecule has 0 radical (unpaired) electrons. The molecule has 2 aliphatic carbocycles. The molecule has 19 heavy (non-hydrogen) atoms. The fourth-order valence-corrected chi connectivity index (χ4v) is 4.87. The van der Waals surface area contributed by atoms with Gasteiger partial charge in [0, 0.05) is 17.1 Å². The summed E-state index contributed by atoms with van der Waals surface area (Å²) >= 11 is 3.37. The molecule has 0 aliphatic heterocycles. The molecule has 0 saturated heterocycles. The van der Waals surface area contributed by atoms with Crippen LogP contribution in [-0.4, -0.2) is 25.3 Å². The van der Waals surface area contributed by atoms with E-state index < -0.39 is 10.0 Å². The van der Waals surface area contributed by atoms with Gasteiger partial charge in [-0.05, 0) is 56.2 Å². The molecule has 0 atom stereocenters. The molecule has 0 unspecified atom stereocenters. The Kier molecular flexibility index (Phi) is 3.48. The van der Waals surface area contributed by atoms with Gasteiger partial charge in [0.05, 0.1) is 4.90 Å². The third kappa shape index (κ3) is 2.88. The van der Waals surface area contributed by atoms with Gasteiger partial charge in [-0.15, -0.1) is 0 Å². The summed E-state index contributed by atoms with van der Waals surface area (Å²) in [5.41, 5.74) is 0.824. The monoisotopic (exact) mass is 343 g/mol. The lowest BCUT2D eigenvalue weighted by atomic mass is 10.2. The molecule has 5 heteroatoms. The first kappa shape index (κ1) is 13.6. The summed E-state index contributed by atoms with van der Waals surface area (Å²) in [7, 11) is -3.34. The average molecular weight is 344 g/mol. The molecule has 104 valence electrons. The normalized spacial score (nSPS) is 19.9. The summed E-state index contributed by atoms with van der Waals surface area (Å²) in [5, 5.41) is 0. The summed E-state index contributed by atoms with van der Waals surface area (Å²) < 4.78 is 28.3. The minimum atomic E-state index is -3.34. The molecule has 0 amide bonds. The van der Waals surface area contributed by atoms with Gasteiger partial charge in [-0.2, -0.15) is 4.31 Å². The van der Waals surface area contributed by atoms with Crippen LogP contribution in [0.5, 0.6) is 0 Å². The van der Waals surface area contributed by atoms with Gasteiger partial charge in [0.25, 0.3) is 0 Å². The molecular formula is C14H18BrNO2S. The molecule has 0 aromatic heterocycles. The topological polar surface area (TPSA) is 37.4 Å². The van der Waals surface area contributed by atoms with Gasteiger partial charge >= 0.3 is 0 Å². The second-order valence-corrected chi connectivity index (χ2v) is 8.43. The van der Waals surface area contributed by atoms with Crippen LogP contribution in [-0.2, 0) is 10.0 Å². The largest absolute Gasteiger partial charge is 0.243 e. The van der Waals surface area contributed by atoms with Crippen molar-refractivity contribution in [2.75, 3.05) is 6.54 Å². The molecule has 2 saturated carbocycles. The third-order valence-corrected chi connectivity index (χ3v) is 6.38. The van der Waals surface area contributed by atoms with Crippen molar-refractivity contribution in [2.45, 2.75) is 43.5 Å². The van der Waals surface area contributed by atoms with Gasteiger partial charge < -0.3 is 0 Å². The smallest absolute Gasteiger partial charge is 0.207 e. The van der Waals surface area contributed by atoms with Crippen molar-refractivity contribution in [2.24, 2.45) is 5.92 Å². The second-order valence-electron chi connectivity index (χ2n) is 5.66. The molecule has 2 aliphatic rings.